The summed E-state index contributed by atoms with van der Waals surface area (Å²) >= 11 is 0. The van der Waals surface area contributed by atoms with Gasteiger partial charge in [-0.1, -0.05) is 13.8 Å². The van der Waals surface area contributed by atoms with Crippen molar-refractivity contribution in [3.63, 3.8) is 0 Å². The molecule has 0 saturated heterocycles. The fraction of sp³-hybridized carbons (Fsp3) is 0.568. The van der Waals surface area contributed by atoms with E-state index in [-0.39, 0.29) is 35.5 Å². The fourth-order valence-electron chi connectivity index (χ4n) is 6.74. The van der Waals surface area contributed by atoms with Gasteiger partial charge < -0.3 is 19.6 Å². The molecule has 8 heteroatoms. The van der Waals surface area contributed by atoms with Crippen LogP contribution in [-0.4, -0.2) is 98.6 Å². The molecule has 0 fully saturated rings. The van der Waals surface area contributed by atoms with E-state index in [0.29, 0.717) is 35.3 Å². The van der Waals surface area contributed by atoms with Crippen molar-refractivity contribution in [2.45, 2.75) is 75.7 Å². The summed E-state index contributed by atoms with van der Waals surface area (Å²) < 4.78 is 0. The number of carbonyl (C=O) groups is 4. The predicted molar refractivity (Wildman–Crippen MR) is 184 cm³/mol. The van der Waals surface area contributed by atoms with Crippen LogP contribution in [0.4, 0.5) is 0 Å². The molecule has 0 heterocycles. The van der Waals surface area contributed by atoms with Gasteiger partial charge in [-0.05, 0) is 118 Å². The Hall–Kier alpha value is -3.68. The lowest BCUT2D eigenvalue weighted by Crippen LogP contribution is -2.36. The van der Waals surface area contributed by atoms with Gasteiger partial charge in [-0.2, -0.15) is 0 Å². The molecule has 2 unspecified atom stereocenters. The number of hydrogen-bond acceptors (Lipinski definition) is 4. The van der Waals surface area contributed by atoms with Crippen LogP contribution in [0.1, 0.15) is 106 Å². The first-order valence-corrected chi connectivity index (χ1v) is 15.8. The molecule has 0 bridgehead atoms. The monoisotopic (exact) mass is 620 g/mol. The normalized spacial score (nSPS) is 12.4. The standard InChI is InChI=1S/C37H56N4O4/c1-20(18-40(15)36(44)32-26(7)22(3)24(5)30(28(32)9)34(42)38(11)12)17-21(2)19-41(16)37(45)33-27(8)23(4)25(6)31(29(33)10)35(43)39(13)14/h20-21H,17-19H2,1-16H3. The van der Waals surface area contributed by atoms with Crippen LogP contribution in [0.2, 0.25) is 0 Å². The number of benzene rings is 2. The Kier molecular flexibility index (Phi) is 12.2. The SMILES string of the molecule is Cc1c(C)c(C(=O)N(C)C)c(C)c(C(=O)N(C)CC(C)CC(C)CN(C)C(=O)c2c(C)c(C)c(C)c(C(=O)N(C)C)c2C)c1C. The van der Waals surface area contributed by atoms with E-state index in [1.807, 2.05) is 69.5 Å². The van der Waals surface area contributed by atoms with Gasteiger partial charge in [0, 0.05) is 77.6 Å². The van der Waals surface area contributed by atoms with E-state index >= 15 is 0 Å². The molecule has 8 nitrogen and oxygen atoms in total. The average Bonchev–Trinajstić information content (AvgIpc) is 2.94. The van der Waals surface area contributed by atoms with Crippen LogP contribution in [0.5, 0.6) is 0 Å². The average molecular weight is 621 g/mol. The molecule has 0 spiro atoms. The molecule has 2 aromatic carbocycles. The maximum absolute atomic E-state index is 13.8. The molecule has 0 aliphatic carbocycles. The van der Waals surface area contributed by atoms with Crippen LogP contribution >= 0.6 is 0 Å². The van der Waals surface area contributed by atoms with Gasteiger partial charge in [0.2, 0.25) is 0 Å². The molecule has 0 saturated carbocycles. The van der Waals surface area contributed by atoms with Gasteiger partial charge in [0.1, 0.15) is 0 Å². The minimum Gasteiger partial charge on any atom is -0.345 e. The smallest absolute Gasteiger partial charge is 0.254 e. The summed E-state index contributed by atoms with van der Waals surface area (Å²) in [4.78, 5) is 60.2. The number of rotatable bonds is 10. The third-order valence-electron chi connectivity index (χ3n) is 9.59. The maximum atomic E-state index is 13.8. The first kappa shape index (κ1) is 37.5. The minimum absolute atomic E-state index is 0.0866. The van der Waals surface area contributed by atoms with Gasteiger partial charge in [0.05, 0.1) is 0 Å². The zero-order valence-corrected chi connectivity index (χ0v) is 30.7. The van der Waals surface area contributed by atoms with Gasteiger partial charge in [-0.15, -0.1) is 0 Å². The Balaban J connectivity index is 2.22. The van der Waals surface area contributed by atoms with Crippen molar-refractivity contribution in [2.24, 2.45) is 11.8 Å². The van der Waals surface area contributed by atoms with Crippen molar-refractivity contribution in [2.75, 3.05) is 55.4 Å². The molecule has 0 aliphatic rings. The van der Waals surface area contributed by atoms with E-state index in [0.717, 1.165) is 50.9 Å². The highest BCUT2D eigenvalue weighted by Crippen LogP contribution is 2.30. The second-order valence-electron chi connectivity index (χ2n) is 13.7. The van der Waals surface area contributed by atoms with Crippen molar-refractivity contribution >= 4 is 23.6 Å². The second kappa shape index (κ2) is 14.6. The van der Waals surface area contributed by atoms with Gasteiger partial charge >= 0.3 is 0 Å². The quantitative estimate of drug-likeness (QED) is 0.323. The number of hydrogen-bond donors (Lipinski definition) is 0. The lowest BCUT2D eigenvalue weighted by Gasteiger charge is -2.29. The van der Waals surface area contributed by atoms with Gasteiger partial charge in [-0.25, -0.2) is 0 Å². The largest absolute Gasteiger partial charge is 0.345 e. The molecular weight excluding hydrogens is 564 g/mol. The third kappa shape index (κ3) is 7.59. The highest BCUT2D eigenvalue weighted by molar-refractivity contribution is 6.05. The molecule has 2 rings (SSSR count). The van der Waals surface area contributed by atoms with Crippen molar-refractivity contribution in [1.82, 2.24) is 19.6 Å². The maximum Gasteiger partial charge on any atom is 0.254 e. The van der Waals surface area contributed by atoms with Crippen LogP contribution in [-0.2, 0) is 0 Å². The lowest BCUT2D eigenvalue weighted by molar-refractivity contribution is 0.0751. The van der Waals surface area contributed by atoms with Crippen LogP contribution in [0.3, 0.4) is 0 Å². The fourth-order valence-corrected chi connectivity index (χ4v) is 6.74. The van der Waals surface area contributed by atoms with Gasteiger partial charge in [-0.3, -0.25) is 19.2 Å². The van der Waals surface area contributed by atoms with Crippen molar-refractivity contribution in [3.05, 3.63) is 66.8 Å². The predicted octanol–water partition coefficient (Wildman–Crippen LogP) is 6.06. The van der Waals surface area contributed by atoms with Crippen molar-refractivity contribution in [3.8, 4) is 0 Å². The highest BCUT2D eigenvalue weighted by atomic mass is 16.2. The molecular formula is C37H56N4O4. The second-order valence-corrected chi connectivity index (χ2v) is 13.7. The van der Waals surface area contributed by atoms with E-state index in [9.17, 15) is 19.2 Å². The van der Waals surface area contributed by atoms with Crippen molar-refractivity contribution < 1.29 is 19.2 Å². The summed E-state index contributed by atoms with van der Waals surface area (Å²) in [5, 5.41) is 0. The molecule has 248 valence electrons. The topological polar surface area (TPSA) is 81.2 Å². The van der Waals surface area contributed by atoms with Crippen LogP contribution < -0.4 is 0 Å². The van der Waals surface area contributed by atoms with Crippen LogP contribution in [0, 0.1) is 67.2 Å². The van der Waals surface area contributed by atoms with Crippen LogP contribution in [0.25, 0.3) is 0 Å². The molecule has 0 radical (unpaired) electrons. The molecule has 0 aliphatic heterocycles. The minimum atomic E-state index is -0.0997. The summed E-state index contributed by atoms with van der Waals surface area (Å²) in [6.45, 7) is 20.8. The van der Waals surface area contributed by atoms with Gasteiger partial charge in [0.25, 0.3) is 23.6 Å². The third-order valence-corrected chi connectivity index (χ3v) is 9.59. The summed E-state index contributed by atoms with van der Waals surface area (Å²) in [6.07, 6.45) is 0.819. The van der Waals surface area contributed by atoms with Crippen molar-refractivity contribution in [1.29, 1.82) is 0 Å². The first-order chi connectivity index (χ1) is 20.7. The Labute approximate surface area is 271 Å². The molecule has 0 N–H and O–H groups in total. The van der Waals surface area contributed by atoms with E-state index < -0.39 is 0 Å². The zero-order valence-electron chi connectivity index (χ0n) is 30.7. The van der Waals surface area contributed by atoms with E-state index in [2.05, 4.69) is 13.8 Å². The molecule has 4 amide bonds. The van der Waals surface area contributed by atoms with Gasteiger partial charge in [0.15, 0.2) is 0 Å². The highest BCUT2D eigenvalue weighted by Gasteiger charge is 2.29. The molecule has 45 heavy (non-hydrogen) atoms. The van der Waals surface area contributed by atoms with E-state index in [1.54, 1.807) is 47.8 Å². The number of amides is 4. The molecule has 2 aromatic rings. The Morgan fingerprint density at radius 3 is 0.911 bits per heavy atom. The summed E-state index contributed by atoms with van der Waals surface area (Å²) in [5.41, 5.74) is 9.41. The Morgan fingerprint density at radius 2 is 0.667 bits per heavy atom. The molecule has 0 aromatic heterocycles. The summed E-state index contributed by atoms with van der Waals surface area (Å²) in [6, 6.07) is 0. The van der Waals surface area contributed by atoms with E-state index in [1.165, 1.54) is 0 Å². The molecule has 2 atom stereocenters. The van der Waals surface area contributed by atoms with E-state index in [4.69, 9.17) is 0 Å². The first-order valence-electron chi connectivity index (χ1n) is 15.8. The lowest BCUT2D eigenvalue weighted by atomic mass is 9.87. The zero-order chi connectivity index (χ0) is 34.8. The summed E-state index contributed by atoms with van der Waals surface area (Å²) in [7, 11) is 10.5. The Bertz CT molecular complexity index is 1390. The number of carbonyl (C=O) groups excluding carboxylic acids is 4. The Morgan fingerprint density at radius 1 is 0.422 bits per heavy atom. The number of nitrogens with zero attached hydrogens (tertiary/aromatic N) is 4. The summed E-state index contributed by atoms with van der Waals surface area (Å²) in [5.74, 6) is -0.00789. The van der Waals surface area contributed by atoms with Crippen LogP contribution in [0.15, 0.2) is 0 Å².